The van der Waals surface area contributed by atoms with E-state index in [0.717, 1.165) is 31.7 Å². The van der Waals surface area contributed by atoms with Crippen molar-refractivity contribution in [3.8, 4) is 0 Å². The Hall–Kier alpha value is -1.45. The monoisotopic (exact) mass is 269 g/mol. The van der Waals surface area contributed by atoms with Gasteiger partial charge in [-0.3, -0.25) is 9.88 Å². The molecular formula is C17H23N3. The van der Waals surface area contributed by atoms with Gasteiger partial charge < -0.3 is 5.32 Å². The van der Waals surface area contributed by atoms with Gasteiger partial charge in [-0.05, 0) is 51.1 Å². The second-order valence-electron chi connectivity index (χ2n) is 6.36. The Labute approximate surface area is 121 Å². The van der Waals surface area contributed by atoms with Crippen LogP contribution in [0.2, 0.25) is 0 Å². The van der Waals surface area contributed by atoms with E-state index in [4.69, 9.17) is 0 Å². The van der Waals surface area contributed by atoms with Crippen molar-refractivity contribution in [3.63, 3.8) is 0 Å². The Kier molecular flexibility index (Phi) is 3.72. The molecule has 3 heteroatoms. The van der Waals surface area contributed by atoms with Crippen molar-refractivity contribution in [1.82, 2.24) is 15.2 Å². The number of hydrogen-bond donors (Lipinski definition) is 1. The summed E-state index contributed by atoms with van der Waals surface area (Å²) in [5.74, 6) is 0. The summed E-state index contributed by atoms with van der Waals surface area (Å²) >= 11 is 0. The molecule has 1 N–H and O–H groups in total. The van der Waals surface area contributed by atoms with Crippen LogP contribution in [0.1, 0.15) is 25.8 Å². The van der Waals surface area contributed by atoms with Crippen LogP contribution in [0, 0.1) is 0 Å². The first-order valence-corrected chi connectivity index (χ1v) is 7.44. The molecule has 1 aromatic heterocycles. The molecule has 0 radical (unpaired) electrons. The summed E-state index contributed by atoms with van der Waals surface area (Å²) in [6.07, 6.45) is 3.14. The molecule has 0 amide bonds. The van der Waals surface area contributed by atoms with Gasteiger partial charge in [-0.25, -0.2) is 0 Å². The minimum absolute atomic E-state index is 0.194. The summed E-state index contributed by atoms with van der Waals surface area (Å²) < 4.78 is 0. The summed E-state index contributed by atoms with van der Waals surface area (Å²) in [6.45, 7) is 8.94. The Morgan fingerprint density at radius 3 is 3.00 bits per heavy atom. The molecule has 1 saturated heterocycles. The number of nitrogens with zero attached hydrogens (tertiary/aromatic N) is 2. The van der Waals surface area contributed by atoms with Crippen molar-refractivity contribution in [2.24, 2.45) is 0 Å². The SMILES string of the molecule is CC1(C)CN(Cc2ccnc3ccccc23)CCCN1. The third-order valence-corrected chi connectivity index (χ3v) is 4.01. The van der Waals surface area contributed by atoms with Gasteiger partial charge in [-0.1, -0.05) is 18.2 Å². The van der Waals surface area contributed by atoms with Crippen LogP contribution in [0.3, 0.4) is 0 Å². The first kappa shape index (κ1) is 13.5. The highest BCUT2D eigenvalue weighted by Gasteiger charge is 2.24. The molecule has 20 heavy (non-hydrogen) atoms. The first-order chi connectivity index (χ1) is 9.64. The molecule has 1 aliphatic heterocycles. The molecule has 0 atom stereocenters. The number of nitrogens with one attached hydrogen (secondary N) is 1. The van der Waals surface area contributed by atoms with Gasteiger partial charge in [0.05, 0.1) is 5.52 Å². The predicted octanol–water partition coefficient (Wildman–Crippen LogP) is 2.81. The van der Waals surface area contributed by atoms with Crippen LogP contribution in [0.25, 0.3) is 10.9 Å². The second kappa shape index (κ2) is 5.51. The summed E-state index contributed by atoms with van der Waals surface area (Å²) in [5, 5.41) is 4.90. The van der Waals surface area contributed by atoms with Gasteiger partial charge in [0, 0.05) is 30.2 Å². The number of fused-ring (bicyclic) bond motifs is 1. The number of para-hydroxylation sites is 1. The second-order valence-corrected chi connectivity index (χ2v) is 6.36. The molecule has 0 unspecified atom stereocenters. The lowest BCUT2D eigenvalue weighted by Crippen LogP contribution is -2.46. The fourth-order valence-electron chi connectivity index (χ4n) is 3.09. The van der Waals surface area contributed by atoms with E-state index in [-0.39, 0.29) is 5.54 Å². The highest BCUT2D eigenvalue weighted by molar-refractivity contribution is 5.81. The number of benzene rings is 1. The predicted molar refractivity (Wildman–Crippen MR) is 83.7 cm³/mol. The Morgan fingerprint density at radius 2 is 2.10 bits per heavy atom. The molecule has 0 saturated carbocycles. The highest BCUT2D eigenvalue weighted by Crippen LogP contribution is 2.20. The molecule has 1 aromatic carbocycles. The van der Waals surface area contributed by atoms with Crippen LogP contribution in [-0.2, 0) is 6.54 Å². The minimum atomic E-state index is 0.194. The molecule has 3 rings (SSSR count). The van der Waals surface area contributed by atoms with Crippen LogP contribution in [0.15, 0.2) is 36.5 Å². The largest absolute Gasteiger partial charge is 0.310 e. The Bertz CT molecular complexity index is 586. The normalized spacial score (nSPS) is 19.9. The van der Waals surface area contributed by atoms with Crippen molar-refractivity contribution >= 4 is 10.9 Å². The van der Waals surface area contributed by atoms with Gasteiger partial charge in [0.2, 0.25) is 0 Å². The minimum Gasteiger partial charge on any atom is -0.310 e. The van der Waals surface area contributed by atoms with Crippen LogP contribution in [0.5, 0.6) is 0 Å². The fourth-order valence-corrected chi connectivity index (χ4v) is 3.09. The van der Waals surface area contributed by atoms with E-state index in [2.05, 4.69) is 59.4 Å². The maximum absolute atomic E-state index is 4.45. The third kappa shape index (κ3) is 3.00. The average Bonchev–Trinajstić information content (AvgIpc) is 2.60. The van der Waals surface area contributed by atoms with Gasteiger partial charge in [0.15, 0.2) is 0 Å². The van der Waals surface area contributed by atoms with E-state index in [1.165, 1.54) is 17.4 Å². The average molecular weight is 269 g/mol. The first-order valence-electron chi connectivity index (χ1n) is 7.44. The number of hydrogen-bond acceptors (Lipinski definition) is 3. The Morgan fingerprint density at radius 1 is 1.25 bits per heavy atom. The van der Waals surface area contributed by atoms with E-state index in [1.54, 1.807) is 0 Å². The maximum atomic E-state index is 4.45. The van der Waals surface area contributed by atoms with Gasteiger partial charge >= 0.3 is 0 Å². The Balaban J connectivity index is 1.85. The van der Waals surface area contributed by atoms with E-state index in [1.807, 2.05) is 6.20 Å². The molecule has 1 aliphatic rings. The van der Waals surface area contributed by atoms with Crippen LogP contribution >= 0.6 is 0 Å². The standard InChI is InChI=1S/C17H23N3/c1-17(2)13-20(11-5-9-19-17)12-14-8-10-18-16-7-4-3-6-15(14)16/h3-4,6-8,10,19H,5,9,11-13H2,1-2H3. The van der Waals surface area contributed by atoms with Crippen molar-refractivity contribution in [2.45, 2.75) is 32.4 Å². The molecule has 0 bridgehead atoms. The summed E-state index contributed by atoms with van der Waals surface area (Å²) in [4.78, 5) is 7.01. The number of rotatable bonds is 2. The van der Waals surface area contributed by atoms with Gasteiger partial charge in [-0.15, -0.1) is 0 Å². The molecule has 0 aliphatic carbocycles. The molecule has 0 spiro atoms. The highest BCUT2D eigenvalue weighted by atomic mass is 15.2. The fraction of sp³-hybridized carbons (Fsp3) is 0.471. The molecule has 2 heterocycles. The van der Waals surface area contributed by atoms with Crippen molar-refractivity contribution in [3.05, 3.63) is 42.1 Å². The van der Waals surface area contributed by atoms with Crippen LogP contribution in [0.4, 0.5) is 0 Å². The molecular weight excluding hydrogens is 246 g/mol. The number of pyridine rings is 1. The van der Waals surface area contributed by atoms with Crippen LogP contribution < -0.4 is 5.32 Å². The van der Waals surface area contributed by atoms with Gasteiger partial charge in [0.1, 0.15) is 0 Å². The molecule has 106 valence electrons. The lowest BCUT2D eigenvalue weighted by Gasteiger charge is -2.30. The van der Waals surface area contributed by atoms with Gasteiger partial charge in [-0.2, -0.15) is 0 Å². The smallest absolute Gasteiger partial charge is 0.0705 e. The summed E-state index contributed by atoms with van der Waals surface area (Å²) in [7, 11) is 0. The van der Waals surface area contributed by atoms with E-state index >= 15 is 0 Å². The van der Waals surface area contributed by atoms with Crippen molar-refractivity contribution in [1.29, 1.82) is 0 Å². The number of aromatic nitrogens is 1. The maximum Gasteiger partial charge on any atom is 0.0705 e. The van der Waals surface area contributed by atoms with E-state index in [0.29, 0.717) is 0 Å². The van der Waals surface area contributed by atoms with Crippen molar-refractivity contribution < 1.29 is 0 Å². The zero-order valence-corrected chi connectivity index (χ0v) is 12.4. The van der Waals surface area contributed by atoms with Gasteiger partial charge in [0.25, 0.3) is 0 Å². The van der Waals surface area contributed by atoms with Crippen LogP contribution in [-0.4, -0.2) is 35.1 Å². The van der Waals surface area contributed by atoms with E-state index < -0.39 is 0 Å². The quantitative estimate of drug-likeness (QED) is 0.908. The zero-order valence-electron chi connectivity index (χ0n) is 12.4. The van der Waals surface area contributed by atoms with E-state index in [9.17, 15) is 0 Å². The summed E-state index contributed by atoms with van der Waals surface area (Å²) in [5.41, 5.74) is 2.67. The van der Waals surface area contributed by atoms with Crippen molar-refractivity contribution in [2.75, 3.05) is 19.6 Å². The summed E-state index contributed by atoms with van der Waals surface area (Å²) in [6, 6.07) is 10.6. The lowest BCUT2D eigenvalue weighted by atomic mass is 10.0. The lowest BCUT2D eigenvalue weighted by molar-refractivity contribution is 0.224. The molecule has 1 fully saturated rings. The third-order valence-electron chi connectivity index (χ3n) is 4.01. The topological polar surface area (TPSA) is 28.2 Å². The molecule has 3 nitrogen and oxygen atoms in total. The zero-order chi connectivity index (χ0) is 14.0. The molecule has 2 aromatic rings.